The fourth-order valence-corrected chi connectivity index (χ4v) is 3.27. The molecule has 100 valence electrons. The Labute approximate surface area is 108 Å². The third-order valence-electron chi connectivity index (χ3n) is 2.77. The molecule has 2 unspecified atom stereocenters. The molecule has 0 radical (unpaired) electrons. The molecule has 0 bridgehead atoms. The zero-order valence-corrected chi connectivity index (χ0v) is 10.6. The Hall–Kier alpha value is -0.880. The lowest BCUT2D eigenvalue weighted by Crippen LogP contribution is -2.25. The summed E-state index contributed by atoms with van der Waals surface area (Å²) in [6.07, 6.45) is -3.69. The highest BCUT2D eigenvalue weighted by Crippen LogP contribution is 2.39. The van der Waals surface area contributed by atoms with Crippen molar-refractivity contribution in [3.05, 3.63) is 29.8 Å². The predicted molar refractivity (Wildman–Crippen MR) is 65.5 cm³/mol. The summed E-state index contributed by atoms with van der Waals surface area (Å²) in [5, 5.41) is 3.17. The molecule has 1 fully saturated rings. The molecule has 1 aliphatic rings. The van der Waals surface area contributed by atoms with Gasteiger partial charge in [-0.1, -0.05) is 25.1 Å². The van der Waals surface area contributed by atoms with Crippen molar-refractivity contribution in [3.63, 3.8) is 0 Å². The second kappa shape index (κ2) is 5.40. The minimum atomic E-state index is -4.65. The van der Waals surface area contributed by atoms with Crippen molar-refractivity contribution in [2.75, 3.05) is 5.75 Å². The van der Waals surface area contributed by atoms with Gasteiger partial charge < -0.3 is 4.74 Å². The van der Waals surface area contributed by atoms with Crippen LogP contribution in [0.5, 0.6) is 5.75 Å². The van der Waals surface area contributed by atoms with E-state index in [1.54, 1.807) is 30.0 Å². The van der Waals surface area contributed by atoms with E-state index in [4.69, 9.17) is 0 Å². The van der Waals surface area contributed by atoms with Gasteiger partial charge in [0.25, 0.3) is 0 Å². The van der Waals surface area contributed by atoms with Crippen molar-refractivity contribution < 1.29 is 17.9 Å². The summed E-state index contributed by atoms with van der Waals surface area (Å²) in [5.74, 6) is 0.786. The third-order valence-corrected chi connectivity index (χ3v) is 4.09. The molecule has 1 aromatic rings. The first-order valence-electron chi connectivity index (χ1n) is 5.72. The molecule has 2 rings (SSSR count). The van der Waals surface area contributed by atoms with Crippen molar-refractivity contribution in [1.29, 1.82) is 0 Å². The molecular weight excluding hydrogens is 263 g/mol. The van der Waals surface area contributed by atoms with Gasteiger partial charge in [-0.25, -0.2) is 0 Å². The number of para-hydroxylation sites is 1. The summed E-state index contributed by atoms with van der Waals surface area (Å²) >= 11 is 1.61. The molecule has 1 N–H and O–H groups in total. The van der Waals surface area contributed by atoms with E-state index in [1.165, 1.54) is 6.07 Å². The van der Waals surface area contributed by atoms with Crippen molar-refractivity contribution in [2.45, 2.75) is 31.1 Å². The van der Waals surface area contributed by atoms with Crippen molar-refractivity contribution in [2.24, 2.45) is 0 Å². The molecule has 1 saturated heterocycles. The minimum absolute atomic E-state index is 0.119. The van der Waals surface area contributed by atoms with Gasteiger partial charge in [-0.05, 0) is 12.5 Å². The summed E-state index contributed by atoms with van der Waals surface area (Å²) in [7, 11) is 0. The van der Waals surface area contributed by atoms with Crippen LogP contribution in [0.3, 0.4) is 0 Å². The van der Waals surface area contributed by atoms with E-state index >= 15 is 0 Å². The van der Waals surface area contributed by atoms with Crippen LogP contribution in [0, 0.1) is 0 Å². The largest absolute Gasteiger partial charge is 0.573 e. The number of benzene rings is 1. The molecule has 0 spiro atoms. The highest BCUT2D eigenvalue weighted by molar-refractivity contribution is 7.99. The zero-order chi connectivity index (χ0) is 13.2. The summed E-state index contributed by atoms with van der Waals surface area (Å²) in [4.78, 5) is 0. The fraction of sp³-hybridized carbons (Fsp3) is 0.500. The van der Waals surface area contributed by atoms with Gasteiger partial charge in [-0.15, -0.1) is 24.9 Å². The Morgan fingerprint density at radius 2 is 2.11 bits per heavy atom. The van der Waals surface area contributed by atoms with Crippen LogP contribution >= 0.6 is 11.8 Å². The summed E-state index contributed by atoms with van der Waals surface area (Å²) in [6.45, 7) is 2.05. The van der Waals surface area contributed by atoms with Crippen molar-refractivity contribution in [1.82, 2.24) is 5.32 Å². The van der Waals surface area contributed by atoms with Gasteiger partial charge in [0, 0.05) is 17.4 Å². The smallest absolute Gasteiger partial charge is 0.405 e. The number of halogens is 3. The molecule has 0 saturated carbocycles. The average Bonchev–Trinajstić information content (AvgIpc) is 2.76. The fourth-order valence-electron chi connectivity index (χ4n) is 1.85. The van der Waals surface area contributed by atoms with Gasteiger partial charge >= 0.3 is 6.36 Å². The highest BCUT2D eigenvalue weighted by atomic mass is 32.2. The molecule has 18 heavy (non-hydrogen) atoms. The molecule has 0 aromatic heterocycles. The number of ether oxygens (including phenoxy) is 1. The van der Waals surface area contributed by atoms with E-state index in [-0.39, 0.29) is 11.1 Å². The van der Waals surface area contributed by atoms with Gasteiger partial charge in [0.05, 0.1) is 5.37 Å². The van der Waals surface area contributed by atoms with Gasteiger partial charge in [0.2, 0.25) is 0 Å². The molecule has 0 amide bonds. The lowest BCUT2D eigenvalue weighted by Gasteiger charge is -2.17. The number of hydrogen-bond acceptors (Lipinski definition) is 3. The van der Waals surface area contributed by atoms with E-state index in [9.17, 15) is 13.2 Å². The third kappa shape index (κ3) is 3.32. The van der Waals surface area contributed by atoms with Crippen LogP contribution in [0.2, 0.25) is 0 Å². The normalized spacial score (nSPS) is 24.2. The first-order chi connectivity index (χ1) is 8.49. The monoisotopic (exact) mass is 277 g/mol. The van der Waals surface area contributed by atoms with Crippen molar-refractivity contribution in [3.8, 4) is 5.75 Å². The molecule has 2 nitrogen and oxygen atoms in total. The standard InChI is InChI=1S/C12H14F3NOS/c1-2-8-7-18-11(16-8)9-5-3-4-6-10(9)17-12(13,14)15/h3-6,8,11,16H,2,7H2,1H3. The summed E-state index contributed by atoms with van der Waals surface area (Å²) < 4.78 is 41.0. The molecule has 1 aromatic carbocycles. The summed E-state index contributed by atoms with van der Waals surface area (Å²) in [6, 6.07) is 6.63. The maximum atomic E-state index is 12.3. The van der Waals surface area contributed by atoms with E-state index < -0.39 is 6.36 Å². The number of hydrogen-bond donors (Lipinski definition) is 1. The number of alkyl halides is 3. The zero-order valence-electron chi connectivity index (χ0n) is 9.83. The molecule has 1 aliphatic heterocycles. The lowest BCUT2D eigenvalue weighted by atomic mass is 10.2. The molecule has 1 heterocycles. The van der Waals surface area contributed by atoms with Crippen molar-refractivity contribution >= 4 is 11.8 Å². The van der Waals surface area contributed by atoms with Crippen LogP contribution in [0.4, 0.5) is 13.2 Å². The molecule has 2 atom stereocenters. The van der Waals surface area contributed by atoms with E-state index in [0.29, 0.717) is 11.6 Å². The SMILES string of the molecule is CCC1CSC(c2ccccc2OC(F)(F)F)N1. The number of thioether (sulfide) groups is 1. The Bertz CT molecular complexity index is 411. The Balaban J connectivity index is 2.18. The Morgan fingerprint density at radius 1 is 1.39 bits per heavy atom. The van der Waals surface area contributed by atoms with Gasteiger partial charge in [-0.2, -0.15) is 0 Å². The Kier molecular flexibility index (Phi) is 4.07. The molecular formula is C12H14F3NOS. The van der Waals surface area contributed by atoms with E-state index in [2.05, 4.69) is 17.0 Å². The lowest BCUT2D eigenvalue weighted by molar-refractivity contribution is -0.274. The highest BCUT2D eigenvalue weighted by Gasteiger charge is 2.34. The van der Waals surface area contributed by atoms with Crippen LogP contribution in [-0.4, -0.2) is 18.2 Å². The molecule has 0 aliphatic carbocycles. The number of rotatable bonds is 3. The first kappa shape index (κ1) is 13.5. The average molecular weight is 277 g/mol. The minimum Gasteiger partial charge on any atom is -0.405 e. The van der Waals surface area contributed by atoms with Gasteiger partial charge in [-0.3, -0.25) is 5.32 Å². The van der Waals surface area contributed by atoms with Crippen LogP contribution in [0.15, 0.2) is 24.3 Å². The maximum absolute atomic E-state index is 12.3. The quantitative estimate of drug-likeness (QED) is 0.910. The summed E-state index contributed by atoms with van der Waals surface area (Å²) in [5.41, 5.74) is 0.552. The van der Waals surface area contributed by atoms with Gasteiger partial charge in [0.1, 0.15) is 5.75 Å². The first-order valence-corrected chi connectivity index (χ1v) is 6.77. The maximum Gasteiger partial charge on any atom is 0.573 e. The van der Waals surface area contributed by atoms with E-state index in [0.717, 1.165) is 12.2 Å². The van der Waals surface area contributed by atoms with Crippen LogP contribution in [-0.2, 0) is 0 Å². The number of nitrogens with one attached hydrogen (secondary N) is 1. The second-order valence-corrected chi connectivity index (χ2v) is 5.21. The predicted octanol–water partition coefficient (Wildman–Crippen LogP) is 3.70. The van der Waals surface area contributed by atoms with E-state index in [1.807, 2.05) is 0 Å². The van der Waals surface area contributed by atoms with Crippen LogP contribution < -0.4 is 10.1 Å². The van der Waals surface area contributed by atoms with Crippen LogP contribution in [0.1, 0.15) is 24.3 Å². The molecule has 6 heteroatoms. The second-order valence-electron chi connectivity index (χ2n) is 4.07. The van der Waals surface area contributed by atoms with Crippen LogP contribution in [0.25, 0.3) is 0 Å². The Morgan fingerprint density at radius 3 is 2.72 bits per heavy atom. The van der Waals surface area contributed by atoms with Gasteiger partial charge in [0.15, 0.2) is 0 Å². The topological polar surface area (TPSA) is 21.3 Å².